The molecule has 5 nitrogen and oxygen atoms in total. The molecule has 0 amide bonds. The van der Waals surface area contributed by atoms with Gasteiger partial charge in [0.25, 0.3) is 0 Å². The molecular formula is C58H34N4O. The molecule has 0 saturated carbocycles. The first-order valence-corrected chi connectivity index (χ1v) is 21.4. The maximum absolute atomic E-state index is 6.64. The molecule has 0 N–H and O–H groups in total. The Morgan fingerprint density at radius 3 is 1.59 bits per heavy atom. The zero-order chi connectivity index (χ0) is 41.2. The number of hydrogen-bond acceptors (Lipinski definition) is 4. The fourth-order valence-corrected chi connectivity index (χ4v) is 11.0. The van der Waals surface area contributed by atoms with Crippen LogP contribution in [0.3, 0.4) is 0 Å². The number of furan rings is 1. The zero-order valence-electron chi connectivity index (χ0n) is 33.8. The lowest BCUT2D eigenvalue weighted by atomic mass is 9.69. The lowest BCUT2D eigenvalue weighted by molar-refractivity contribution is 0.669. The molecule has 14 rings (SSSR count). The van der Waals surface area contributed by atoms with Crippen molar-refractivity contribution in [3.05, 3.63) is 229 Å². The van der Waals surface area contributed by atoms with Crippen molar-refractivity contribution in [1.29, 1.82) is 0 Å². The lowest BCUT2D eigenvalue weighted by Crippen LogP contribution is -2.26. The van der Waals surface area contributed by atoms with Crippen LogP contribution in [0.2, 0.25) is 0 Å². The number of hydrogen-bond donors (Lipinski definition) is 0. The molecule has 12 aromatic rings. The van der Waals surface area contributed by atoms with Gasteiger partial charge in [-0.05, 0) is 80.9 Å². The lowest BCUT2D eigenvalue weighted by Gasteiger charge is -2.31. The molecule has 0 radical (unpaired) electrons. The second-order valence-electron chi connectivity index (χ2n) is 16.6. The Balaban J connectivity index is 1.04. The quantitative estimate of drug-likeness (QED) is 0.178. The van der Waals surface area contributed by atoms with Crippen LogP contribution in [0.5, 0.6) is 0 Å². The summed E-state index contributed by atoms with van der Waals surface area (Å²) in [6.07, 6.45) is 0. The summed E-state index contributed by atoms with van der Waals surface area (Å²) < 4.78 is 9.08. The van der Waals surface area contributed by atoms with Gasteiger partial charge in [0.1, 0.15) is 11.2 Å². The van der Waals surface area contributed by atoms with Gasteiger partial charge in [-0.3, -0.25) is 0 Å². The number of para-hydroxylation sites is 1. The summed E-state index contributed by atoms with van der Waals surface area (Å²) in [4.78, 5) is 15.3. The molecule has 2 aliphatic rings. The van der Waals surface area contributed by atoms with E-state index in [2.05, 4.69) is 138 Å². The summed E-state index contributed by atoms with van der Waals surface area (Å²) in [5.41, 5.74) is 17.8. The number of nitrogens with zero attached hydrogens (tertiary/aromatic N) is 4. The van der Waals surface area contributed by atoms with Gasteiger partial charge in [-0.15, -0.1) is 0 Å². The highest BCUT2D eigenvalue weighted by Crippen LogP contribution is 2.64. The predicted molar refractivity (Wildman–Crippen MR) is 254 cm³/mol. The smallest absolute Gasteiger partial charge is 0.164 e. The number of aromatic nitrogens is 4. The SMILES string of the molecule is c1ccc(-c2nc(-c3ccccc3)nc(-c3cccc4oc5ccc(-n6c7ccccc7c7c8c(ccc76)-c6ccccc6C86c7ccccc7-c7ccccc76)cc5c34)n2)cc1. The Morgan fingerprint density at radius 2 is 0.921 bits per heavy atom. The third-order valence-electron chi connectivity index (χ3n) is 13.5. The van der Waals surface area contributed by atoms with Crippen LogP contribution < -0.4 is 0 Å². The monoisotopic (exact) mass is 802 g/mol. The van der Waals surface area contributed by atoms with E-state index >= 15 is 0 Å². The molecule has 5 heteroatoms. The highest BCUT2D eigenvalue weighted by atomic mass is 16.3. The molecule has 0 unspecified atom stereocenters. The Morgan fingerprint density at radius 1 is 0.365 bits per heavy atom. The zero-order valence-corrected chi connectivity index (χ0v) is 33.8. The molecule has 2 aliphatic carbocycles. The molecule has 9 aromatic carbocycles. The van der Waals surface area contributed by atoms with Gasteiger partial charge in [0.05, 0.1) is 16.4 Å². The summed E-state index contributed by atoms with van der Waals surface area (Å²) >= 11 is 0. The predicted octanol–water partition coefficient (Wildman–Crippen LogP) is 14.2. The maximum Gasteiger partial charge on any atom is 0.164 e. The van der Waals surface area contributed by atoms with E-state index in [1.807, 2.05) is 72.8 Å². The summed E-state index contributed by atoms with van der Waals surface area (Å²) in [7, 11) is 0. The van der Waals surface area contributed by atoms with Crippen molar-refractivity contribution in [2.75, 3.05) is 0 Å². The Hall–Kier alpha value is -8.41. The van der Waals surface area contributed by atoms with E-state index < -0.39 is 5.41 Å². The topological polar surface area (TPSA) is 56.7 Å². The highest BCUT2D eigenvalue weighted by molar-refractivity contribution is 6.17. The van der Waals surface area contributed by atoms with Crippen LogP contribution in [0.1, 0.15) is 22.3 Å². The molecule has 0 atom stereocenters. The van der Waals surface area contributed by atoms with E-state index in [1.54, 1.807) is 0 Å². The van der Waals surface area contributed by atoms with Crippen LogP contribution in [0.4, 0.5) is 0 Å². The summed E-state index contributed by atoms with van der Waals surface area (Å²) in [6, 6.07) is 73.7. The molecule has 63 heavy (non-hydrogen) atoms. The molecule has 3 aromatic heterocycles. The Labute approximate surface area is 362 Å². The van der Waals surface area contributed by atoms with Crippen molar-refractivity contribution >= 4 is 43.7 Å². The van der Waals surface area contributed by atoms with Crippen molar-refractivity contribution < 1.29 is 4.42 Å². The first-order chi connectivity index (χ1) is 31.3. The van der Waals surface area contributed by atoms with Gasteiger partial charge in [-0.1, -0.05) is 170 Å². The van der Waals surface area contributed by atoms with Crippen molar-refractivity contribution in [2.45, 2.75) is 5.41 Å². The second kappa shape index (κ2) is 12.8. The molecule has 0 fully saturated rings. The fourth-order valence-electron chi connectivity index (χ4n) is 11.0. The first kappa shape index (κ1) is 34.3. The summed E-state index contributed by atoms with van der Waals surface area (Å²) in [6.45, 7) is 0. The van der Waals surface area contributed by atoms with E-state index in [1.165, 1.54) is 55.3 Å². The number of rotatable bonds is 4. The van der Waals surface area contributed by atoms with E-state index in [9.17, 15) is 0 Å². The molecule has 0 saturated heterocycles. The van der Waals surface area contributed by atoms with Crippen molar-refractivity contribution in [3.8, 4) is 62.1 Å². The van der Waals surface area contributed by atoms with E-state index in [-0.39, 0.29) is 0 Å². The van der Waals surface area contributed by atoms with Crippen LogP contribution in [0.25, 0.3) is 106 Å². The van der Waals surface area contributed by atoms with Gasteiger partial charge in [0.2, 0.25) is 0 Å². The molecule has 0 aliphatic heterocycles. The van der Waals surface area contributed by atoms with Crippen molar-refractivity contribution in [2.24, 2.45) is 0 Å². The maximum atomic E-state index is 6.64. The number of fused-ring (bicyclic) bond motifs is 17. The first-order valence-electron chi connectivity index (χ1n) is 21.4. The summed E-state index contributed by atoms with van der Waals surface area (Å²) in [5.74, 6) is 1.83. The van der Waals surface area contributed by atoms with Crippen molar-refractivity contribution in [3.63, 3.8) is 0 Å². The van der Waals surface area contributed by atoms with Gasteiger partial charge in [-0.25, -0.2) is 15.0 Å². The van der Waals surface area contributed by atoms with Crippen LogP contribution in [0.15, 0.2) is 211 Å². The van der Waals surface area contributed by atoms with Gasteiger partial charge >= 0.3 is 0 Å². The highest BCUT2D eigenvalue weighted by Gasteiger charge is 2.52. The third-order valence-corrected chi connectivity index (χ3v) is 13.5. The van der Waals surface area contributed by atoms with Gasteiger partial charge in [0, 0.05) is 43.9 Å². The van der Waals surface area contributed by atoms with Gasteiger partial charge < -0.3 is 8.98 Å². The average Bonchev–Trinajstić information content (AvgIpc) is 4.08. The number of benzene rings is 9. The van der Waals surface area contributed by atoms with Crippen molar-refractivity contribution in [1.82, 2.24) is 19.5 Å². The molecule has 1 spiro atoms. The minimum absolute atomic E-state index is 0.477. The normalized spacial score (nSPS) is 13.2. The summed E-state index contributed by atoms with van der Waals surface area (Å²) in [5, 5.41) is 4.46. The molecular weight excluding hydrogens is 769 g/mol. The van der Waals surface area contributed by atoms with E-state index in [4.69, 9.17) is 19.4 Å². The largest absolute Gasteiger partial charge is 0.456 e. The van der Waals surface area contributed by atoms with E-state index in [0.29, 0.717) is 17.5 Å². The van der Waals surface area contributed by atoms with Gasteiger partial charge in [-0.2, -0.15) is 0 Å². The van der Waals surface area contributed by atoms with Crippen LogP contribution in [-0.2, 0) is 5.41 Å². The van der Waals surface area contributed by atoms with E-state index in [0.717, 1.165) is 55.3 Å². The molecule has 292 valence electrons. The Kier molecular flexibility index (Phi) is 6.97. The van der Waals surface area contributed by atoms with Gasteiger partial charge in [0.15, 0.2) is 17.5 Å². The van der Waals surface area contributed by atoms with Crippen LogP contribution >= 0.6 is 0 Å². The second-order valence-corrected chi connectivity index (χ2v) is 16.6. The van der Waals surface area contributed by atoms with Crippen LogP contribution in [0, 0.1) is 0 Å². The molecule has 0 bridgehead atoms. The minimum Gasteiger partial charge on any atom is -0.456 e. The fraction of sp³-hybridized carbons (Fsp3) is 0.0172. The molecule has 3 heterocycles. The Bertz CT molecular complexity index is 3740. The third kappa shape index (κ3) is 4.63. The minimum atomic E-state index is -0.477. The van der Waals surface area contributed by atoms with Crippen LogP contribution in [-0.4, -0.2) is 19.5 Å². The standard InChI is InChI=1S/C58H34N4O/c1-3-16-35(17-4-1)55-59-56(36-18-5-2-6-19-36)61-57(60-55)43-24-15-29-51-52(43)44-34-37(30-33-50(44)63-51)62-48-28-14-10-23-42(48)53-49(62)32-31-41-40-22-9-13-27-47(40)58(54(41)53)45-25-11-7-20-38(45)39-21-8-12-26-46(39)58/h1-34H. The average molecular weight is 803 g/mol.